The fourth-order valence-corrected chi connectivity index (χ4v) is 1.65. The molecule has 0 bridgehead atoms. The molecule has 0 saturated heterocycles. The third-order valence-electron chi connectivity index (χ3n) is 2.53. The van der Waals surface area contributed by atoms with Crippen molar-refractivity contribution in [2.45, 2.75) is 0 Å². The molecular weight excluding hydrogens is 274 g/mol. The first-order valence-electron chi connectivity index (χ1n) is 5.99. The molecular formula is C15H14ClN3O. The molecule has 2 amide bonds. The summed E-state index contributed by atoms with van der Waals surface area (Å²) in [5.74, 6) is 0. The number of anilines is 2. The van der Waals surface area contributed by atoms with Crippen LogP contribution >= 0.6 is 11.6 Å². The van der Waals surface area contributed by atoms with Crippen LogP contribution in [0.15, 0.2) is 54.7 Å². The Morgan fingerprint density at radius 3 is 2.35 bits per heavy atom. The second-order valence-electron chi connectivity index (χ2n) is 4.11. The molecule has 0 spiro atoms. The second-order valence-corrected chi connectivity index (χ2v) is 4.54. The van der Waals surface area contributed by atoms with E-state index in [4.69, 9.17) is 17.3 Å². The minimum Gasteiger partial charge on any atom is -0.399 e. The number of halogens is 1. The number of nitrogens with one attached hydrogen (secondary N) is 2. The zero-order chi connectivity index (χ0) is 14.4. The van der Waals surface area contributed by atoms with Gasteiger partial charge < -0.3 is 16.4 Å². The highest BCUT2D eigenvalue weighted by Crippen LogP contribution is 2.11. The molecule has 2 aromatic carbocycles. The zero-order valence-corrected chi connectivity index (χ0v) is 11.4. The van der Waals surface area contributed by atoms with Crippen LogP contribution in [-0.4, -0.2) is 6.03 Å². The van der Waals surface area contributed by atoms with Crippen molar-refractivity contribution in [3.8, 4) is 0 Å². The van der Waals surface area contributed by atoms with Crippen LogP contribution < -0.4 is 16.4 Å². The fourth-order valence-electron chi connectivity index (χ4n) is 1.52. The van der Waals surface area contributed by atoms with E-state index in [1.165, 1.54) is 0 Å². The van der Waals surface area contributed by atoms with Crippen LogP contribution in [0.5, 0.6) is 0 Å². The largest absolute Gasteiger partial charge is 0.399 e. The molecule has 0 aromatic heterocycles. The van der Waals surface area contributed by atoms with Gasteiger partial charge in [0.25, 0.3) is 0 Å². The molecule has 0 radical (unpaired) electrons. The Morgan fingerprint density at radius 2 is 1.70 bits per heavy atom. The average molecular weight is 288 g/mol. The zero-order valence-electron chi connectivity index (χ0n) is 10.6. The Labute approximate surface area is 122 Å². The van der Waals surface area contributed by atoms with Gasteiger partial charge >= 0.3 is 6.03 Å². The first-order valence-corrected chi connectivity index (χ1v) is 6.36. The predicted molar refractivity (Wildman–Crippen MR) is 83.5 cm³/mol. The van der Waals surface area contributed by atoms with E-state index in [0.717, 1.165) is 5.56 Å². The molecule has 2 rings (SSSR count). The van der Waals surface area contributed by atoms with Gasteiger partial charge in [-0.2, -0.15) is 0 Å². The molecule has 0 atom stereocenters. The van der Waals surface area contributed by atoms with Crippen LogP contribution in [0, 0.1) is 0 Å². The van der Waals surface area contributed by atoms with E-state index in [1.807, 2.05) is 12.1 Å². The summed E-state index contributed by atoms with van der Waals surface area (Å²) in [6.45, 7) is 0. The highest BCUT2D eigenvalue weighted by Gasteiger charge is 1.98. The summed E-state index contributed by atoms with van der Waals surface area (Å²) < 4.78 is 0. The van der Waals surface area contributed by atoms with Crippen LogP contribution in [0.25, 0.3) is 6.08 Å². The molecule has 2 aromatic rings. The minimum absolute atomic E-state index is 0.319. The summed E-state index contributed by atoms with van der Waals surface area (Å²) in [5, 5.41) is 5.98. The number of carbonyl (C=O) groups is 1. The van der Waals surface area contributed by atoms with E-state index in [0.29, 0.717) is 16.4 Å². The van der Waals surface area contributed by atoms with Gasteiger partial charge in [-0.3, -0.25) is 0 Å². The lowest BCUT2D eigenvalue weighted by Crippen LogP contribution is -2.23. The number of carbonyl (C=O) groups excluding carboxylic acids is 1. The number of urea groups is 1. The normalized spacial score (nSPS) is 10.4. The van der Waals surface area contributed by atoms with Crippen LogP contribution in [0.2, 0.25) is 5.02 Å². The van der Waals surface area contributed by atoms with Gasteiger partial charge in [0, 0.05) is 22.6 Å². The smallest absolute Gasteiger partial charge is 0.323 e. The van der Waals surface area contributed by atoms with Crippen molar-refractivity contribution in [2.24, 2.45) is 0 Å². The van der Waals surface area contributed by atoms with E-state index < -0.39 is 0 Å². The third-order valence-corrected chi connectivity index (χ3v) is 2.78. The average Bonchev–Trinajstić information content (AvgIpc) is 2.44. The summed E-state index contributed by atoms with van der Waals surface area (Å²) >= 11 is 5.78. The Morgan fingerprint density at radius 1 is 1.05 bits per heavy atom. The van der Waals surface area contributed by atoms with E-state index >= 15 is 0 Å². The molecule has 4 N–H and O–H groups in total. The van der Waals surface area contributed by atoms with Gasteiger partial charge in [-0.1, -0.05) is 23.7 Å². The molecule has 0 aliphatic carbocycles. The number of hydrogen-bond donors (Lipinski definition) is 3. The van der Waals surface area contributed by atoms with Crippen LogP contribution in [0.3, 0.4) is 0 Å². The highest BCUT2D eigenvalue weighted by atomic mass is 35.5. The van der Waals surface area contributed by atoms with E-state index in [9.17, 15) is 4.79 Å². The standard InChI is InChI=1S/C15H14ClN3O/c16-12-3-1-11(2-4-12)9-10-18-15(20)19-14-7-5-13(17)6-8-14/h1-10H,17H2,(H2,18,19,20)/b10-9+. The maximum atomic E-state index is 11.6. The van der Waals surface area contributed by atoms with Crippen molar-refractivity contribution in [1.82, 2.24) is 5.32 Å². The molecule has 0 fully saturated rings. The van der Waals surface area contributed by atoms with Gasteiger partial charge in [0.1, 0.15) is 0 Å². The summed E-state index contributed by atoms with van der Waals surface area (Å²) in [4.78, 5) is 11.6. The van der Waals surface area contributed by atoms with Crippen molar-refractivity contribution < 1.29 is 4.79 Å². The lowest BCUT2D eigenvalue weighted by Gasteiger charge is -2.04. The number of nitrogen functional groups attached to an aromatic ring is 1. The Bertz CT molecular complexity index is 606. The first-order chi connectivity index (χ1) is 9.63. The van der Waals surface area contributed by atoms with Gasteiger partial charge in [0.15, 0.2) is 0 Å². The predicted octanol–water partition coefficient (Wildman–Crippen LogP) is 3.71. The molecule has 102 valence electrons. The molecule has 20 heavy (non-hydrogen) atoms. The number of benzene rings is 2. The first kappa shape index (κ1) is 14.0. The number of hydrogen-bond acceptors (Lipinski definition) is 2. The lowest BCUT2D eigenvalue weighted by atomic mass is 10.2. The monoisotopic (exact) mass is 287 g/mol. The highest BCUT2D eigenvalue weighted by molar-refractivity contribution is 6.30. The van der Waals surface area contributed by atoms with E-state index in [-0.39, 0.29) is 6.03 Å². The van der Waals surface area contributed by atoms with Crippen LogP contribution in [0.1, 0.15) is 5.56 Å². The van der Waals surface area contributed by atoms with Crippen molar-refractivity contribution >= 4 is 35.1 Å². The van der Waals surface area contributed by atoms with Gasteiger partial charge in [-0.25, -0.2) is 4.79 Å². The summed E-state index contributed by atoms with van der Waals surface area (Å²) in [6.07, 6.45) is 3.34. The molecule has 0 saturated carbocycles. The van der Waals surface area contributed by atoms with E-state index in [2.05, 4.69) is 10.6 Å². The maximum Gasteiger partial charge on any atom is 0.323 e. The van der Waals surface area contributed by atoms with Crippen LogP contribution in [0.4, 0.5) is 16.2 Å². The molecule has 0 aliphatic rings. The van der Waals surface area contributed by atoms with Gasteiger partial charge in [-0.15, -0.1) is 0 Å². The number of amides is 2. The third kappa shape index (κ3) is 4.33. The quantitative estimate of drug-likeness (QED) is 0.753. The van der Waals surface area contributed by atoms with E-state index in [1.54, 1.807) is 48.7 Å². The van der Waals surface area contributed by atoms with Crippen molar-refractivity contribution in [2.75, 3.05) is 11.1 Å². The SMILES string of the molecule is Nc1ccc(NC(=O)N/C=C/c2ccc(Cl)cc2)cc1. The molecule has 5 heteroatoms. The van der Waals surface area contributed by atoms with Crippen molar-refractivity contribution in [3.63, 3.8) is 0 Å². The fraction of sp³-hybridized carbons (Fsp3) is 0. The minimum atomic E-state index is -0.319. The van der Waals surface area contributed by atoms with Crippen molar-refractivity contribution in [1.29, 1.82) is 0 Å². The summed E-state index contributed by atoms with van der Waals surface area (Å²) in [7, 11) is 0. The van der Waals surface area contributed by atoms with Crippen molar-refractivity contribution in [3.05, 3.63) is 65.3 Å². The molecule has 0 unspecified atom stereocenters. The van der Waals surface area contributed by atoms with Gasteiger partial charge in [-0.05, 0) is 48.0 Å². The summed E-state index contributed by atoms with van der Waals surface area (Å²) in [6, 6.07) is 13.9. The summed E-state index contributed by atoms with van der Waals surface area (Å²) in [5.41, 5.74) is 7.84. The molecule has 0 aliphatic heterocycles. The number of rotatable bonds is 3. The Balaban J connectivity index is 1.85. The maximum absolute atomic E-state index is 11.6. The lowest BCUT2D eigenvalue weighted by molar-refractivity contribution is 0.255. The second kappa shape index (κ2) is 6.63. The molecule has 0 heterocycles. The number of nitrogens with two attached hydrogens (primary N) is 1. The molecule has 4 nitrogen and oxygen atoms in total. The van der Waals surface area contributed by atoms with Gasteiger partial charge in [0.2, 0.25) is 0 Å². The Kier molecular flexibility index (Phi) is 4.63. The topological polar surface area (TPSA) is 67.1 Å². The van der Waals surface area contributed by atoms with Crippen LogP contribution in [-0.2, 0) is 0 Å². The van der Waals surface area contributed by atoms with Gasteiger partial charge in [0.05, 0.1) is 0 Å². The Hall–Kier alpha value is -2.46.